The van der Waals surface area contributed by atoms with Gasteiger partial charge in [-0.2, -0.15) is 96.6 Å². The molecule has 0 spiro atoms. The van der Waals surface area contributed by atoms with Gasteiger partial charge in [0.2, 0.25) is 0 Å². The number of halogens is 26. The Balaban J connectivity index is -0.000000617. The number of nitrogens with zero attached hydrogens (tertiary/aromatic N) is 3. The average molecular weight is 1340 g/mol. The highest BCUT2D eigenvalue weighted by atomic mass is 19.4. The highest BCUT2D eigenvalue weighted by molar-refractivity contribution is 5.15. The summed E-state index contributed by atoms with van der Waals surface area (Å²) in [5.74, 6) is -81.9. The predicted octanol–water partition coefficient (Wildman–Crippen LogP) is 9.63. The van der Waals surface area contributed by atoms with Crippen molar-refractivity contribution >= 4 is 0 Å². The van der Waals surface area contributed by atoms with Crippen molar-refractivity contribution in [2.45, 2.75) is 171 Å². The molecule has 0 aromatic heterocycles. The first-order valence-electron chi connectivity index (χ1n) is 26.0. The van der Waals surface area contributed by atoms with Crippen molar-refractivity contribution < 1.29 is 172 Å². The fraction of sp³-hybridized carbons (Fsp3) is 1.00. The van der Waals surface area contributed by atoms with E-state index in [9.17, 15) is 129 Å². The van der Waals surface area contributed by atoms with Crippen LogP contribution in [0, 0.1) is 0 Å². The molecule has 6 N–H and O–H groups in total. The zero-order valence-electron chi connectivity index (χ0n) is 47.8. The van der Waals surface area contributed by atoms with Crippen LogP contribution >= 0.6 is 0 Å². The Labute approximate surface area is 481 Å². The summed E-state index contributed by atoms with van der Waals surface area (Å²) >= 11 is 0. The number of aliphatic hydroxyl groups excluding tert-OH is 6. The molecule has 0 amide bonds. The van der Waals surface area contributed by atoms with E-state index in [1.807, 2.05) is 20.8 Å². The van der Waals surface area contributed by atoms with Gasteiger partial charge in [-0.15, -0.1) is 0 Å². The van der Waals surface area contributed by atoms with E-state index in [-0.39, 0.29) is 62.6 Å². The lowest BCUT2D eigenvalue weighted by Gasteiger charge is -2.43. The topological polar surface area (TPSA) is 149 Å². The van der Waals surface area contributed by atoms with Crippen molar-refractivity contribution in [1.29, 1.82) is 0 Å². The summed E-state index contributed by atoms with van der Waals surface area (Å²) in [4.78, 5) is 0. The largest absolute Gasteiger partial charge is 0.391 e. The van der Waals surface area contributed by atoms with E-state index < -0.39 is 162 Å². The van der Waals surface area contributed by atoms with Crippen LogP contribution in [0.2, 0.25) is 0 Å². The van der Waals surface area contributed by atoms with Crippen LogP contribution in [0.5, 0.6) is 0 Å². The fourth-order valence-electron chi connectivity index (χ4n) is 7.92. The number of ether oxygens (including phenoxy) is 3. The van der Waals surface area contributed by atoms with Gasteiger partial charge in [0.05, 0.1) is 78.9 Å². The molecular weight excluding hydrogens is 1260 g/mol. The highest BCUT2D eigenvalue weighted by Gasteiger charge is 2.94. The minimum absolute atomic E-state index is 0. The summed E-state index contributed by atoms with van der Waals surface area (Å²) < 4.78 is 361. The zero-order valence-corrected chi connectivity index (χ0v) is 47.8. The van der Waals surface area contributed by atoms with Crippen LogP contribution in [0.25, 0.3) is 0 Å². The maximum absolute atomic E-state index is 13.8. The van der Waals surface area contributed by atoms with E-state index in [4.69, 9.17) is 20.1 Å². The Morgan fingerprint density at radius 2 is 0.605 bits per heavy atom. The first-order chi connectivity index (χ1) is 38.0. The van der Waals surface area contributed by atoms with Crippen LogP contribution in [0.1, 0.15) is 69.7 Å². The number of alkyl halides is 26. The van der Waals surface area contributed by atoms with Crippen molar-refractivity contribution in [2.75, 3.05) is 138 Å². The molecule has 12 nitrogen and oxygen atoms in total. The van der Waals surface area contributed by atoms with E-state index in [1.165, 1.54) is 0 Å². The summed E-state index contributed by atoms with van der Waals surface area (Å²) in [7, 11) is 0. The number of aliphatic hydroxyl groups is 6. The van der Waals surface area contributed by atoms with Gasteiger partial charge in [0.15, 0.2) is 12.3 Å². The quantitative estimate of drug-likeness (QED) is 0.0260. The third-order valence-corrected chi connectivity index (χ3v) is 14.3. The maximum atomic E-state index is 13.8. The third-order valence-electron chi connectivity index (χ3n) is 14.3. The van der Waals surface area contributed by atoms with Crippen LogP contribution in [0.15, 0.2) is 0 Å². The first-order valence-corrected chi connectivity index (χ1v) is 26.0. The Hall–Kier alpha value is -2.30. The Morgan fingerprint density at radius 3 is 0.849 bits per heavy atom. The molecule has 0 rings (SSSR count). The van der Waals surface area contributed by atoms with Gasteiger partial charge in [0.25, 0.3) is 0 Å². The van der Waals surface area contributed by atoms with E-state index in [1.54, 1.807) is 20.8 Å². The van der Waals surface area contributed by atoms with Crippen molar-refractivity contribution in [3.8, 4) is 0 Å². The molecule has 0 aliphatic carbocycles. The number of likely N-dealkylation sites (N-methyl/N-ethyl adjacent to an activating group) is 2. The maximum Gasteiger partial charge on any atom is 0.385 e. The molecule has 524 valence electrons. The lowest BCUT2D eigenvalue weighted by atomic mass is 9.88. The molecule has 0 aromatic carbocycles. The van der Waals surface area contributed by atoms with Gasteiger partial charge in [-0.3, -0.25) is 0 Å². The summed E-state index contributed by atoms with van der Waals surface area (Å²) in [6, 6.07) is 0. The SMILES string of the molecule is C.CC(F)C(F)(F)C(F)(F)C(F)(F)COCC(O)C[N+](CCO)(CCO)CCO.CC[N+](CC)(CC)CC(O)COCC(F)(F)C(C)F.CC[N+](CC)(CC)CC(O)COCC(F)(F)C(F)(F)C(F)(F)C(F)(F)C(F)(F)C(F)(F)C(F)(F)C(C)(F)F. The van der Waals surface area contributed by atoms with Crippen molar-refractivity contribution in [3.05, 3.63) is 0 Å². The minimum atomic E-state index is -8.45. The smallest absolute Gasteiger partial charge is 0.385 e. The van der Waals surface area contributed by atoms with Gasteiger partial charge in [-0.25, -0.2) is 17.6 Å². The molecule has 0 aliphatic heterocycles. The Morgan fingerprint density at radius 1 is 0.360 bits per heavy atom. The second-order valence-electron chi connectivity index (χ2n) is 20.3. The van der Waals surface area contributed by atoms with Crippen molar-refractivity contribution in [1.82, 2.24) is 0 Å². The third kappa shape index (κ3) is 21.7. The number of rotatable bonds is 41. The summed E-state index contributed by atoms with van der Waals surface area (Å²) in [6.45, 7) is 4.39. The molecule has 5 unspecified atom stereocenters. The minimum Gasteiger partial charge on any atom is -0.391 e. The van der Waals surface area contributed by atoms with Crippen LogP contribution < -0.4 is 0 Å². The van der Waals surface area contributed by atoms with E-state index in [0.29, 0.717) is 30.7 Å². The van der Waals surface area contributed by atoms with Crippen molar-refractivity contribution in [2.24, 2.45) is 0 Å². The lowest BCUT2D eigenvalue weighted by molar-refractivity contribution is -0.931. The van der Waals surface area contributed by atoms with Gasteiger partial charge in [-0.1, -0.05) is 7.43 Å². The molecule has 0 saturated carbocycles. The summed E-state index contributed by atoms with van der Waals surface area (Å²) in [5, 5.41) is 56.8. The van der Waals surface area contributed by atoms with Crippen LogP contribution in [-0.4, -0.2) is 284 Å². The molecular formula is C48H84F26N3O9+3. The van der Waals surface area contributed by atoms with Gasteiger partial charge in [0, 0.05) is 6.92 Å². The zero-order chi connectivity index (χ0) is 68.4. The molecule has 0 heterocycles. The molecule has 0 aromatic rings. The molecule has 5 atom stereocenters. The van der Waals surface area contributed by atoms with Crippen LogP contribution in [-0.2, 0) is 14.2 Å². The molecule has 0 saturated heterocycles. The van der Waals surface area contributed by atoms with Gasteiger partial charge in [0.1, 0.15) is 77.4 Å². The monoisotopic (exact) mass is 1340 g/mol. The highest BCUT2D eigenvalue weighted by Crippen LogP contribution is 2.64. The second kappa shape index (κ2) is 34.4. The predicted molar refractivity (Wildman–Crippen MR) is 258 cm³/mol. The molecule has 0 radical (unpaired) electrons. The standard InChI is InChI=1S/C19H26F16NO2.C15H27F7NO5.C13H27F3NO2.CH4/c1-5-36(6-2,7-3)8-11(37)9-38-10-13(22,23)15(26,27)17(30,31)19(34,35)18(32,33)16(28,29)14(24,25)12(4,20)21;1-11(16)14(19,20)15(21,22)13(17,18)10-28-9-12(27)8-23(2-5-24,3-6-25)4-7-26;1-5-17(6-2,7-3)8-12(18)9-19-10-13(15,16)11(4)14;/h11,37H,5-10H2,1-4H3;11-12,24-27H,2-10H2,1H3;11-12,18H,5-10H2,1-4H3;1H4/q3*+1;. The summed E-state index contributed by atoms with van der Waals surface area (Å²) in [5.41, 5.74) is 0. The van der Waals surface area contributed by atoms with E-state index in [0.717, 1.165) is 26.6 Å². The average Bonchev–Trinajstić information content (AvgIpc) is 0.751. The number of quaternary nitrogens is 3. The Bertz CT molecular complexity index is 1830. The van der Waals surface area contributed by atoms with Gasteiger partial charge < -0.3 is 58.3 Å². The van der Waals surface area contributed by atoms with E-state index in [2.05, 4.69) is 9.47 Å². The van der Waals surface area contributed by atoms with Crippen LogP contribution in [0.3, 0.4) is 0 Å². The molecule has 86 heavy (non-hydrogen) atoms. The van der Waals surface area contributed by atoms with Gasteiger partial charge >= 0.3 is 71.1 Å². The lowest BCUT2D eigenvalue weighted by Crippen LogP contribution is -2.74. The van der Waals surface area contributed by atoms with Crippen LogP contribution in [0.4, 0.5) is 114 Å². The second-order valence-corrected chi connectivity index (χ2v) is 20.3. The van der Waals surface area contributed by atoms with E-state index >= 15 is 0 Å². The first kappa shape index (κ1) is 90.1. The van der Waals surface area contributed by atoms with Crippen molar-refractivity contribution in [3.63, 3.8) is 0 Å². The van der Waals surface area contributed by atoms with Gasteiger partial charge in [-0.05, 0) is 55.4 Å². The molecule has 0 bridgehead atoms. The fourth-order valence-corrected chi connectivity index (χ4v) is 7.92. The summed E-state index contributed by atoms with van der Waals surface area (Å²) in [6.07, 6.45) is -9.88. The normalized spacial score (nSPS) is 16.3. The number of hydrogen-bond donors (Lipinski definition) is 6. The molecule has 0 aliphatic rings. The number of hydrogen-bond acceptors (Lipinski definition) is 9. The Kier molecular flexibility index (Phi) is 36.0. The molecule has 0 fully saturated rings. The molecule has 38 heteroatoms.